The highest BCUT2D eigenvalue weighted by molar-refractivity contribution is 5.80. The van der Waals surface area contributed by atoms with Gasteiger partial charge < -0.3 is 15.4 Å². The molecule has 0 saturated heterocycles. The summed E-state index contributed by atoms with van der Waals surface area (Å²) in [7, 11) is 1.75. The van der Waals surface area contributed by atoms with Gasteiger partial charge in [0.15, 0.2) is 5.96 Å². The highest BCUT2D eigenvalue weighted by atomic mass is 16.5. The van der Waals surface area contributed by atoms with E-state index in [1.165, 1.54) is 0 Å². The van der Waals surface area contributed by atoms with Crippen molar-refractivity contribution < 1.29 is 4.74 Å². The van der Waals surface area contributed by atoms with E-state index < -0.39 is 0 Å². The summed E-state index contributed by atoms with van der Waals surface area (Å²) in [6.45, 7) is 12.8. The van der Waals surface area contributed by atoms with Crippen molar-refractivity contribution >= 4 is 5.96 Å². The number of fused-ring (bicyclic) bond motifs is 1. The number of hydrogen-bond acceptors (Lipinski definition) is 4. The zero-order valence-corrected chi connectivity index (χ0v) is 15.9. The molecule has 136 valence electrons. The second kappa shape index (κ2) is 7.96. The summed E-state index contributed by atoms with van der Waals surface area (Å²) in [5.74, 6) is 2.77. The molecule has 7 nitrogen and oxygen atoms in total. The molecule has 0 bridgehead atoms. The average Bonchev–Trinajstić information content (AvgIpc) is 2.86. The van der Waals surface area contributed by atoms with E-state index in [9.17, 15) is 0 Å². The first-order chi connectivity index (χ1) is 11.3. The molecule has 0 saturated carbocycles. The zero-order valence-electron chi connectivity index (χ0n) is 15.9. The normalized spacial score (nSPS) is 19.8. The minimum atomic E-state index is 0.0631. The van der Waals surface area contributed by atoms with Crippen molar-refractivity contribution in [3.63, 3.8) is 0 Å². The molecule has 24 heavy (non-hydrogen) atoms. The molecule has 0 aliphatic carbocycles. The summed E-state index contributed by atoms with van der Waals surface area (Å²) in [6, 6.07) is 0.312. The van der Waals surface area contributed by atoms with Crippen LogP contribution in [0.5, 0.6) is 0 Å². The highest BCUT2D eigenvalue weighted by Gasteiger charge is 2.25. The van der Waals surface area contributed by atoms with Crippen LogP contribution in [-0.4, -0.2) is 53.1 Å². The van der Waals surface area contributed by atoms with E-state index in [0.29, 0.717) is 12.6 Å². The van der Waals surface area contributed by atoms with Crippen LogP contribution in [0.2, 0.25) is 0 Å². The Bertz CT molecular complexity index is 560. The quantitative estimate of drug-likeness (QED) is 0.630. The first-order valence-corrected chi connectivity index (χ1v) is 8.81. The molecule has 0 radical (unpaired) electrons. The zero-order chi connectivity index (χ0) is 17.7. The number of guanidine groups is 1. The largest absolute Gasteiger partial charge is 0.379 e. The number of ether oxygens (including phenoxy) is 1. The first-order valence-electron chi connectivity index (χ1n) is 8.81. The molecule has 2 heterocycles. The van der Waals surface area contributed by atoms with Crippen LogP contribution in [0.3, 0.4) is 0 Å². The lowest BCUT2D eigenvalue weighted by Gasteiger charge is -2.29. The molecule has 0 spiro atoms. The lowest BCUT2D eigenvalue weighted by Crippen LogP contribution is -2.47. The minimum absolute atomic E-state index is 0.0631. The first kappa shape index (κ1) is 18.7. The van der Waals surface area contributed by atoms with Gasteiger partial charge in [0.05, 0.1) is 19.2 Å². The number of methoxy groups -OCH3 is 1. The fraction of sp³-hybridized carbons (Fsp3) is 0.824. The third-order valence-corrected chi connectivity index (χ3v) is 4.31. The Morgan fingerprint density at radius 1 is 1.46 bits per heavy atom. The molecular formula is C17H32N6O. The van der Waals surface area contributed by atoms with E-state index >= 15 is 0 Å². The summed E-state index contributed by atoms with van der Waals surface area (Å²) in [5, 5.41) is 11.3. The lowest BCUT2D eigenvalue weighted by molar-refractivity contribution is 0.0241. The van der Waals surface area contributed by atoms with Gasteiger partial charge in [0.1, 0.15) is 11.6 Å². The second-order valence-electron chi connectivity index (χ2n) is 7.45. The number of hydrogen-bond donors (Lipinski definition) is 2. The molecule has 1 aliphatic rings. The smallest absolute Gasteiger partial charge is 0.191 e. The van der Waals surface area contributed by atoms with Crippen molar-refractivity contribution in [1.82, 2.24) is 25.4 Å². The topological polar surface area (TPSA) is 76.4 Å². The molecule has 0 aromatic carbocycles. The monoisotopic (exact) mass is 336 g/mol. The van der Waals surface area contributed by atoms with Gasteiger partial charge in [-0.1, -0.05) is 20.8 Å². The van der Waals surface area contributed by atoms with Crippen LogP contribution >= 0.6 is 0 Å². The molecular weight excluding hydrogens is 304 g/mol. The van der Waals surface area contributed by atoms with Crippen LogP contribution in [0, 0.1) is 12.3 Å². The Labute approximate surface area is 145 Å². The Hall–Kier alpha value is -1.63. The van der Waals surface area contributed by atoms with Crippen LogP contribution < -0.4 is 10.6 Å². The highest BCUT2D eigenvalue weighted by Crippen LogP contribution is 2.21. The Morgan fingerprint density at radius 2 is 2.21 bits per heavy atom. The van der Waals surface area contributed by atoms with Gasteiger partial charge in [-0.05, 0) is 25.7 Å². The molecule has 1 aromatic rings. The Morgan fingerprint density at radius 3 is 2.83 bits per heavy atom. The number of rotatable bonds is 5. The molecule has 7 heteroatoms. The molecule has 0 fully saturated rings. The fourth-order valence-corrected chi connectivity index (χ4v) is 2.94. The van der Waals surface area contributed by atoms with E-state index in [0.717, 1.165) is 43.5 Å². The summed E-state index contributed by atoms with van der Waals surface area (Å²) >= 11 is 0. The molecule has 2 rings (SSSR count). The van der Waals surface area contributed by atoms with Crippen molar-refractivity contribution in [2.75, 3.05) is 20.2 Å². The molecule has 1 aliphatic heterocycles. The van der Waals surface area contributed by atoms with E-state index in [1.807, 2.05) is 11.6 Å². The number of nitrogens with one attached hydrogen (secondary N) is 2. The Kier molecular flexibility index (Phi) is 6.21. The third-order valence-electron chi connectivity index (χ3n) is 4.31. The molecule has 1 aromatic heterocycles. The predicted molar refractivity (Wildman–Crippen MR) is 96.2 cm³/mol. The SMILES string of the molecule is CCNC(=NCC(OC)C(C)(C)C)NC1CCc2nc(C)nn2C1. The molecule has 2 atom stereocenters. The fourth-order valence-electron chi connectivity index (χ4n) is 2.94. The minimum Gasteiger partial charge on any atom is -0.379 e. The van der Waals surface area contributed by atoms with Crippen molar-refractivity contribution in [2.45, 2.75) is 66.2 Å². The molecule has 2 N–H and O–H groups in total. The summed E-state index contributed by atoms with van der Waals surface area (Å²) in [4.78, 5) is 9.19. The average molecular weight is 336 g/mol. The van der Waals surface area contributed by atoms with Crippen LogP contribution in [0.15, 0.2) is 4.99 Å². The number of aliphatic imine (C=N–C) groups is 1. The van der Waals surface area contributed by atoms with E-state index in [2.05, 4.69) is 48.4 Å². The van der Waals surface area contributed by atoms with Gasteiger partial charge in [0, 0.05) is 26.1 Å². The van der Waals surface area contributed by atoms with Gasteiger partial charge in [-0.15, -0.1) is 0 Å². The number of nitrogens with zero attached hydrogens (tertiary/aromatic N) is 4. The van der Waals surface area contributed by atoms with Gasteiger partial charge in [0.2, 0.25) is 0 Å². The van der Waals surface area contributed by atoms with Crippen molar-refractivity contribution in [3.8, 4) is 0 Å². The van der Waals surface area contributed by atoms with Crippen molar-refractivity contribution in [1.29, 1.82) is 0 Å². The van der Waals surface area contributed by atoms with E-state index in [4.69, 9.17) is 9.73 Å². The maximum atomic E-state index is 5.60. The maximum absolute atomic E-state index is 5.60. The summed E-state index contributed by atoms with van der Waals surface area (Å²) in [6.07, 6.45) is 2.07. The van der Waals surface area contributed by atoms with Crippen LogP contribution in [0.4, 0.5) is 0 Å². The van der Waals surface area contributed by atoms with Crippen LogP contribution in [0.25, 0.3) is 0 Å². The van der Waals surface area contributed by atoms with Gasteiger partial charge >= 0.3 is 0 Å². The predicted octanol–water partition coefficient (Wildman–Crippen LogP) is 1.52. The standard InChI is InChI=1S/C17H32N6O/c1-7-18-16(19-10-14(24-6)17(3,4)5)21-13-8-9-15-20-12(2)22-23(15)11-13/h13-14H,7-11H2,1-6H3,(H2,18,19,21). The molecule has 0 amide bonds. The summed E-state index contributed by atoms with van der Waals surface area (Å²) < 4.78 is 7.60. The third kappa shape index (κ3) is 4.93. The molecule has 2 unspecified atom stereocenters. The van der Waals surface area contributed by atoms with E-state index in [1.54, 1.807) is 7.11 Å². The second-order valence-corrected chi connectivity index (χ2v) is 7.45. The lowest BCUT2D eigenvalue weighted by atomic mass is 9.89. The van der Waals surface area contributed by atoms with Gasteiger partial charge in [0.25, 0.3) is 0 Å². The van der Waals surface area contributed by atoms with Gasteiger partial charge in [-0.25, -0.2) is 9.67 Å². The van der Waals surface area contributed by atoms with Crippen LogP contribution in [-0.2, 0) is 17.7 Å². The van der Waals surface area contributed by atoms with Crippen molar-refractivity contribution in [2.24, 2.45) is 10.4 Å². The van der Waals surface area contributed by atoms with Crippen molar-refractivity contribution in [3.05, 3.63) is 11.6 Å². The maximum Gasteiger partial charge on any atom is 0.191 e. The van der Waals surface area contributed by atoms with Crippen LogP contribution in [0.1, 0.15) is 45.8 Å². The number of aryl methyl sites for hydroxylation is 2. The van der Waals surface area contributed by atoms with Gasteiger partial charge in [-0.2, -0.15) is 5.10 Å². The summed E-state index contributed by atoms with van der Waals surface area (Å²) in [5.41, 5.74) is 0.0631. The van der Waals surface area contributed by atoms with Gasteiger partial charge in [-0.3, -0.25) is 4.99 Å². The number of aromatic nitrogens is 3. The Balaban J connectivity index is 1.99. The van der Waals surface area contributed by atoms with E-state index in [-0.39, 0.29) is 11.5 Å².